The van der Waals surface area contributed by atoms with Crippen molar-refractivity contribution in [1.29, 1.82) is 0 Å². The zero-order valence-corrected chi connectivity index (χ0v) is 17.2. The van der Waals surface area contributed by atoms with Crippen LogP contribution in [0.2, 0.25) is 0 Å². The highest BCUT2D eigenvalue weighted by molar-refractivity contribution is 6.06. The number of aromatic nitrogens is 2. The predicted octanol–water partition coefficient (Wildman–Crippen LogP) is 2.37. The van der Waals surface area contributed by atoms with Gasteiger partial charge in [-0.1, -0.05) is 36.8 Å². The summed E-state index contributed by atoms with van der Waals surface area (Å²) in [7, 11) is 1.95. The summed E-state index contributed by atoms with van der Waals surface area (Å²) in [6.45, 7) is 6.25. The molecule has 0 saturated carbocycles. The molecule has 1 aliphatic heterocycles. The Bertz CT molecular complexity index is 1160. The second-order valence-corrected chi connectivity index (χ2v) is 7.88. The van der Waals surface area contributed by atoms with Crippen LogP contribution in [0.15, 0.2) is 53.8 Å². The highest BCUT2D eigenvalue weighted by atomic mass is 16.1. The van der Waals surface area contributed by atoms with Crippen LogP contribution >= 0.6 is 0 Å². The average molecular weight is 388 g/mol. The molecule has 0 bridgehead atoms. The van der Waals surface area contributed by atoms with Crippen LogP contribution in [-0.2, 0) is 4.79 Å². The summed E-state index contributed by atoms with van der Waals surface area (Å²) in [4.78, 5) is 21.7. The van der Waals surface area contributed by atoms with E-state index in [2.05, 4.69) is 40.5 Å². The van der Waals surface area contributed by atoms with Gasteiger partial charge in [-0.15, -0.1) is 0 Å². The largest absolute Gasteiger partial charge is 0.355 e. The number of anilines is 2. The van der Waals surface area contributed by atoms with Crippen LogP contribution in [0.3, 0.4) is 0 Å². The summed E-state index contributed by atoms with van der Waals surface area (Å²) >= 11 is 0. The highest BCUT2D eigenvalue weighted by Gasteiger charge is 2.18. The van der Waals surface area contributed by atoms with Crippen LogP contribution in [0.4, 0.5) is 11.5 Å². The van der Waals surface area contributed by atoms with E-state index < -0.39 is 0 Å². The van der Waals surface area contributed by atoms with E-state index in [4.69, 9.17) is 0 Å². The van der Waals surface area contributed by atoms with Crippen LogP contribution in [-0.4, -0.2) is 22.9 Å². The van der Waals surface area contributed by atoms with Crippen molar-refractivity contribution in [2.45, 2.75) is 33.2 Å². The molecule has 6 nitrogen and oxygen atoms in total. The number of nitrogens with zero attached hydrogens (tertiary/aromatic N) is 3. The zero-order chi connectivity index (χ0) is 20.5. The fraction of sp³-hybridized carbons (Fsp3) is 0.304. The third-order valence-electron chi connectivity index (χ3n) is 5.36. The molecule has 2 aromatic rings. The Morgan fingerprint density at radius 3 is 2.93 bits per heavy atom. The number of rotatable bonds is 5. The van der Waals surface area contributed by atoms with Crippen LogP contribution in [0.25, 0.3) is 6.20 Å². The number of carbonyl (C=O) groups excluding carboxylic acids is 1. The maximum Gasteiger partial charge on any atom is 0.355 e. The minimum atomic E-state index is -0.0593. The quantitative estimate of drug-likeness (QED) is 0.772. The minimum Gasteiger partial charge on any atom is -0.342 e. The maximum absolute atomic E-state index is 12.7. The van der Waals surface area contributed by atoms with Gasteiger partial charge in [0.25, 0.3) is 11.7 Å². The van der Waals surface area contributed by atoms with Crippen LogP contribution in [0.5, 0.6) is 0 Å². The maximum atomic E-state index is 12.7. The van der Waals surface area contributed by atoms with Crippen molar-refractivity contribution >= 4 is 23.6 Å². The molecule has 2 heterocycles. The molecule has 2 unspecified atom stereocenters. The van der Waals surface area contributed by atoms with Crippen molar-refractivity contribution in [3.05, 3.63) is 70.2 Å². The standard InChI is InChI=1S/C23H25N5O/c1-14-8-9-19(15(2)10-14)23(29)26-18-7-5-6-17(11-18)16(3)25-21-12-24-20-13-28(4)22(20)27-21/h5-9,11-14,16H,10H2,1-4H3,(H,26,29)/p+1. The van der Waals surface area contributed by atoms with Gasteiger partial charge in [0.15, 0.2) is 5.35 Å². The number of amides is 1. The second-order valence-electron chi connectivity index (χ2n) is 7.88. The Morgan fingerprint density at radius 1 is 1.34 bits per heavy atom. The Kier molecular flexibility index (Phi) is 5.01. The van der Waals surface area contributed by atoms with Crippen LogP contribution in [0.1, 0.15) is 38.8 Å². The van der Waals surface area contributed by atoms with Gasteiger partial charge in [-0.25, -0.2) is 9.56 Å². The van der Waals surface area contributed by atoms with Gasteiger partial charge < -0.3 is 10.6 Å². The summed E-state index contributed by atoms with van der Waals surface area (Å²) in [5.41, 5.74) is 4.61. The van der Waals surface area contributed by atoms with Crippen molar-refractivity contribution in [3.8, 4) is 0 Å². The predicted molar refractivity (Wildman–Crippen MR) is 116 cm³/mol. The normalized spacial score (nSPS) is 18.5. The van der Waals surface area contributed by atoms with Gasteiger partial charge in [0.2, 0.25) is 0 Å². The van der Waals surface area contributed by atoms with Gasteiger partial charge in [-0.05, 0) is 48.9 Å². The van der Waals surface area contributed by atoms with Gasteiger partial charge in [-0.2, -0.15) is 0 Å². The molecule has 2 atom stereocenters. The van der Waals surface area contributed by atoms with E-state index >= 15 is 0 Å². The molecular formula is C23H26N5O+. The molecule has 1 aromatic carbocycles. The number of hydrogen-bond acceptors (Lipinski definition) is 4. The van der Waals surface area contributed by atoms with Gasteiger partial charge in [0.1, 0.15) is 6.20 Å². The zero-order valence-electron chi connectivity index (χ0n) is 17.2. The molecule has 6 heteroatoms. The first-order valence-corrected chi connectivity index (χ1v) is 9.91. The first-order valence-electron chi connectivity index (χ1n) is 9.91. The van der Waals surface area contributed by atoms with Gasteiger partial charge in [-0.3, -0.25) is 4.79 Å². The molecule has 0 radical (unpaired) electrons. The third kappa shape index (κ3) is 3.97. The summed E-state index contributed by atoms with van der Waals surface area (Å²) in [5.74, 6) is 1.15. The first kappa shape index (κ1) is 19.1. The molecule has 0 saturated heterocycles. The molecule has 148 valence electrons. The van der Waals surface area contributed by atoms with E-state index in [9.17, 15) is 4.79 Å². The number of carbonyl (C=O) groups is 1. The summed E-state index contributed by atoms with van der Waals surface area (Å²) in [6, 6.07) is 7.92. The minimum absolute atomic E-state index is 0.0185. The fourth-order valence-electron chi connectivity index (χ4n) is 3.71. The summed E-state index contributed by atoms with van der Waals surface area (Å²) in [6.07, 6.45) is 8.65. The molecule has 1 aliphatic carbocycles. The molecule has 0 spiro atoms. The lowest BCUT2D eigenvalue weighted by molar-refractivity contribution is -0.112. The molecule has 2 N–H and O–H groups in total. The SMILES string of the molecule is CC1=C(C(=O)Nc2cccc(C(C)Nc3cnc4c(n3)=[N+](C)C=4)c2)C=CC(C)C1. The van der Waals surface area contributed by atoms with E-state index in [1.165, 1.54) is 0 Å². The lowest BCUT2D eigenvalue weighted by Crippen LogP contribution is -2.49. The van der Waals surface area contributed by atoms with Crippen molar-refractivity contribution < 1.29 is 4.79 Å². The van der Waals surface area contributed by atoms with Crippen molar-refractivity contribution in [3.63, 3.8) is 0 Å². The summed E-state index contributed by atoms with van der Waals surface area (Å²) in [5, 5.41) is 7.33. The average Bonchev–Trinajstić information content (AvgIpc) is 2.68. The molecule has 29 heavy (non-hydrogen) atoms. The van der Waals surface area contributed by atoms with E-state index in [0.717, 1.165) is 45.5 Å². The van der Waals surface area contributed by atoms with Gasteiger partial charge in [0, 0.05) is 11.3 Å². The Hall–Kier alpha value is -3.28. The molecular weight excluding hydrogens is 362 g/mol. The molecule has 1 amide bonds. The van der Waals surface area contributed by atoms with E-state index in [0.29, 0.717) is 5.92 Å². The van der Waals surface area contributed by atoms with E-state index in [1.54, 1.807) is 6.20 Å². The van der Waals surface area contributed by atoms with Crippen LogP contribution in [0, 0.1) is 5.92 Å². The Morgan fingerprint density at radius 2 is 2.17 bits per heavy atom. The molecule has 4 rings (SSSR count). The van der Waals surface area contributed by atoms with Gasteiger partial charge >= 0.3 is 5.49 Å². The van der Waals surface area contributed by atoms with E-state index in [-0.39, 0.29) is 11.9 Å². The first-order chi connectivity index (χ1) is 13.9. The number of hydrogen-bond donors (Lipinski definition) is 2. The van der Waals surface area contributed by atoms with Crippen molar-refractivity contribution in [2.24, 2.45) is 5.92 Å². The Labute approximate surface area is 170 Å². The molecule has 1 aromatic heterocycles. The lowest BCUT2D eigenvalue weighted by Gasteiger charge is -2.18. The summed E-state index contributed by atoms with van der Waals surface area (Å²) < 4.78 is 1.95. The smallest absolute Gasteiger partial charge is 0.342 e. The number of allylic oxidation sites excluding steroid dienone is 2. The van der Waals surface area contributed by atoms with E-state index in [1.807, 2.05) is 55.1 Å². The van der Waals surface area contributed by atoms with Crippen molar-refractivity contribution in [1.82, 2.24) is 14.5 Å². The highest BCUT2D eigenvalue weighted by Crippen LogP contribution is 2.25. The molecule has 2 aliphatic rings. The second kappa shape index (κ2) is 7.62. The third-order valence-corrected chi connectivity index (χ3v) is 5.36. The number of benzene rings is 1. The fourth-order valence-corrected chi connectivity index (χ4v) is 3.71. The number of fused-ring (bicyclic) bond motifs is 1. The molecule has 0 fully saturated rings. The Balaban J connectivity index is 1.47. The topological polar surface area (TPSA) is 69.9 Å². The van der Waals surface area contributed by atoms with Gasteiger partial charge in [0.05, 0.1) is 19.3 Å². The van der Waals surface area contributed by atoms with Crippen LogP contribution < -0.4 is 26.0 Å². The van der Waals surface area contributed by atoms with Crippen molar-refractivity contribution in [2.75, 3.05) is 17.7 Å². The lowest BCUT2D eigenvalue weighted by atomic mass is 9.91. The number of nitrogens with one attached hydrogen (secondary N) is 2. The monoisotopic (exact) mass is 388 g/mol.